The first kappa shape index (κ1) is 13.8. The monoisotopic (exact) mass is 255 g/mol. The Bertz CT molecular complexity index is 464. The Morgan fingerprint density at radius 1 is 0.895 bits per heavy atom. The predicted octanol–water partition coefficient (Wildman–Crippen LogP) is 3.30. The lowest BCUT2D eigenvalue weighted by Gasteiger charge is -2.06. The van der Waals surface area contributed by atoms with Crippen LogP contribution in [-0.4, -0.2) is 13.2 Å². The van der Waals surface area contributed by atoms with Crippen LogP contribution in [0.4, 0.5) is 0 Å². The number of rotatable bonds is 7. The van der Waals surface area contributed by atoms with E-state index in [-0.39, 0.29) is 0 Å². The average molecular weight is 255 g/mol. The number of hydrogen-bond acceptors (Lipinski definition) is 2. The summed E-state index contributed by atoms with van der Waals surface area (Å²) in [6, 6.07) is 18.9. The van der Waals surface area contributed by atoms with Gasteiger partial charge in [-0.1, -0.05) is 60.2 Å². The fraction of sp³-hybridized carbons (Fsp3) is 0.294. The van der Waals surface area contributed by atoms with Crippen LogP contribution in [0.1, 0.15) is 16.7 Å². The third kappa shape index (κ3) is 5.25. The third-order valence-corrected chi connectivity index (χ3v) is 2.98. The summed E-state index contributed by atoms with van der Waals surface area (Å²) < 4.78 is 5.64. The van der Waals surface area contributed by atoms with Gasteiger partial charge >= 0.3 is 0 Å². The molecule has 100 valence electrons. The van der Waals surface area contributed by atoms with E-state index in [0.717, 1.165) is 19.7 Å². The van der Waals surface area contributed by atoms with E-state index >= 15 is 0 Å². The van der Waals surface area contributed by atoms with Crippen LogP contribution in [0.3, 0.4) is 0 Å². The summed E-state index contributed by atoms with van der Waals surface area (Å²) in [5.41, 5.74) is 3.82. The zero-order valence-corrected chi connectivity index (χ0v) is 11.4. The Labute approximate surface area is 115 Å². The van der Waals surface area contributed by atoms with E-state index in [1.165, 1.54) is 16.7 Å². The molecule has 2 aromatic carbocycles. The van der Waals surface area contributed by atoms with Crippen LogP contribution in [0, 0.1) is 6.92 Å². The molecule has 2 aromatic rings. The van der Waals surface area contributed by atoms with Gasteiger partial charge in [0.15, 0.2) is 0 Å². The van der Waals surface area contributed by atoms with E-state index in [2.05, 4.69) is 60.8 Å². The first-order valence-corrected chi connectivity index (χ1v) is 6.72. The van der Waals surface area contributed by atoms with E-state index < -0.39 is 0 Å². The van der Waals surface area contributed by atoms with Crippen LogP contribution < -0.4 is 5.32 Å². The van der Waals surface area contributed by atoms with Crippen molar-refractivity contribution in [2.45, 2.75) is 20.1 Å². The fourth-order valence-electron chi connectivity index (χ4n) is 1.85. The summed E-state index contributed by atoms with van der Waals surface area (Å²) in [7, 11) is 0. The van der Waals surface area contributed by atoms with Gasteiger partial charge in [-0.3, -0.25) is 0 Å². The molecule has 0 amide bonds. The van der Waals surface area contributed by atoms with E-state index in [1.54, 1.807) is 0 Å². The van der Waals surface area contributed by atoms with Gasteiger partial charge in [-0.15, -0.1) is 0 Å². The largest absolute Gasteiger partial charge is 0.375 e. The molecule has 0 spiro atoms. The van der Waals surface area contributed by atoms with Gasteiger partial charge in [0.05, 0.1) is 13.2 Å². The second-order valence-electron chi connectivity index (χ2n) is 4.70. The summed E-state index contributed by atoms with van der Waals surface area (Å²) in [4.78, 5) is 0. The van der Waals surface area contributed by atoms with Gasteiger partial charge in [0, 0.05) is 13.1 Å². The minimum Gasteiger partial charge on any atom is -0.375 e. The maximum absolute atomic E-state index is 5.64. The molecule has 0 aromatic heterocycles. The Morgan fingerprint density at radius 3 is 2.37 bits per heavy atom. The number of ether oxygens (including phenoxy) is 1. The van der Waals surface area contributed by atoms with Crippen molar-refractivity contribution in [1.29, 1.82) is 0 Å². The highest BCUT2D eigenvalue weighted by molar-refractivity contribution is 5.20. The summed E-state index contributed by atoms with van der Waals surface area (Å²) >= 11 is 0. The summed E-state index contributed by atoms with van der Waals surface area (Å²) in [5, 5.41) is 3.37. The van der Waals surface area contributed by atoms with Gasteiger partial charge in [-0.25, -0.2) is 0 Å². The average Bonchev–Trinajstić information content (AvgIpc) is 2.46. The van der Waals surface area contributed by atoms with Crippen molar-refractivity contribution >= 4 is 0 Å². The van der Waals surface area contributed by atoms with E-state index in [0.29, 0.717) is 6.61 Å². The Kier molecular flexibility index (Phi) is 5.60. The zero-order chi connectivity index (χ0) is 13.3. The Balaban J connectivity index is 1.56. The lowest BCUT2D eigenvalue weighted by atomic mass is 10.2. The number of benzene rings is 2. The van der Waals surface area contributed by atoms with Crippen molar-refractivity contribution in [3.05, 3.63) is 71.3 Å². The minimum absolute atomic E-state index is 0.688. The highest BCUT2D eigenvalue weighted by Crippen LogP contribution is 2.04. The number of aryl methyl sites for hydroxylation is 1. The van der Waals surface area contributed by atoms with Crippen molar-refractivity contribution < 1.29 is 4.74 Å². The lowest BCUT2D eigenvalue weighted by Crippen LogP contribution is -2.19. The smallest absolute Gasteiger partial charge is 0.0717 e. The molecule has 0 heterocycles. The number of nitrogens with one attached hydrogen (secondary N) is 1. The summed E-state index contributed by atoms with van der Waals surface area (Å²) in [5.74, 6) is 0. The van der Waals surface area contributed by atoms with Crippen LogP contribution in [0.2, 0.25) is 0 Å². The van der Waals surface area contributed by atoms with Gasteiger partial charge in [-0.2, -0.15) is 0 Å². The van der Waals surface area contributed by atoms with Crippen LogP contribution in [0.25, 0.3) is 0 Å². The molecule has 0 fully saturated rings. The maximum atomic E-state index is 5.64. The molecule has 0 saturated heterocycles. The predicted molar refractivity (Wildman–Crippen MR) is 79.0 cm³/mol. The highest BCUT2D eigenvalue weighted by Gasteiger charge is 1.94. The summed E-state index contributed by atoms with van der Waals surface area (Å²) in [6.45, 7) is 5.29. The molecule has 0 unspecified atom stereocenters. The Hall–Kier alpha value is -1.64. The van der Waals surface area contributed by atoms with Crippen LogP contribution in [-0.2, 0) is 17.9 Å². The lowest BCUT2D eigenvalue weighted by molar-refractivity contribution is 0.122. The number of hydrogen-bond donors (Lipinski definition) is 1. The first-order chi connectivity index (χ1) is 9.34. The molecule has 2 nitrogen and oxygen atoms in total. The van der Waals surface area contributed by atoms with Crippen molar-refractivity contribution in [2.24, 2.45) is 0 Å². The second kappa shape index (κ2) is 7.72. The van der Waals surface area contributed by atoms with Crippen molar-refractivity contribution in [3.63, 3.8) is 0 Å². The van der Waals surface area contributed by atoms with Gasteiger partial charge in [0.1, 0.15) is 0 Å². The van der Waals surface area contributed by atoms with E-state index in [4.69, 9.17) is 4.74 Å². The van der Waals surface area contributed by atoms with Gasteiger partial charge < -0.3 is 10.1 Å². The molecular weight excluding hydrogens is 234 g/mol. The van der Waals surface area contributed by atoms with Crippen molar-refractivity contribution in [2.75, 3.05) is 13.2 Å². The molecular formula is C17H21NO. The second-order valence-corrected chi connectivity index (χ2v) is 4.70. The first-order valence-electron chi connectivity index (χ1n) is 6.72. The molecule has 0 aliphatic rings. The SMILES string of the molecule is Cc1ccc(COCCNCc2ccccc2)cc1. The molecule has 0 aliphatic carbocycles. The topological polar surface area (TPSA) is 21.3 Å². The van der Waals surface area contributed by atoms with Crippen molar-refractivity contribution in [3.8, 4) is 0 Å². The fourth-order valence-corrected chi connectivity index (χ4v) is 1.85. The van der Waals surface area contributed by atoms with Crippen LogP contribution in [0.15, 0.2) is 54.6 Å². The molecule has 19 heavy (non-hydrogen) atoms. The van der Waals surface area contributed by atoms with E-state index in [9.17, 15) is 0 Å². The Morgan fingerprint density at radius 2 is 1.63 bits per heavy atom. The molecule has 1 N–H and O–H groups in total. The van der Waals surface area contributed by atoms with E-state index in [1.807, 2.05) is 6.07 Å². The quantitative estimate of drug-likeness (QED) is 0.766. The van der Waals surface area contributed by atoms with Gasteiger partial charge in [-0.05, 0) is 18.1 Å². The highest BCUT2D eigenvalue weighted by atomic mass is 16.5. The van der Waals surface area contributed by atoms with Gasteiger partial charge in [0.25, 0.3) is 0 Å². The molecule has 0 radical (unpaired) electrons. The normalized spacial score (nSPS) is 10.6. The zero-order valence-electron chi connectivity index (χ0n) is 11.4. The maximum Gasteiger partial charge on any atom is 0.0717 e. The minimum atomic E-state index is 0.688. The third-order valence-electron chi connectivity index (χ3n) is 2.98. The standard InChI is InChI=1S/C17H21NO/c1-15-7-9-17(10-8-15)14-19-12-11-18-13-16-5-3-2-4-6-16/h2-10,18H,11-14H2,1H3. The van der Waals surface area contributed by atoms with Crippen LogP contribution >= 0.6 is 0 Å². The molecule has 0 saturated carbocycles. The molecule has 2 heteroatoms. The molecule has 0 atom stereocenters. The van der Waals surface area contributed by atoms with Gasteiger partial charge in [0.2, 0.25) is 0 Å². The van der Waals surface area contributed by atoms with Crippen molar-refractivity contribution in [1.82, 2.24) is 5.32 Å². The van der Waals surface area contributed by atoms with Crippen LogP contribution in [0.5, 0.6) is 0 Å². The molecule has 0 aliphatic heterocycles. The molecule has 0 bridgehead atoms. The molecule has 2 rings (SSSR count). The summed E-state index contributed by atoms with van der Waals surface area (Å²) in [6.07, 6.45) is 0.